The highest BCUT2D eigenvalue weighted by molar-refractivity contribution is 6.01. The number of nitrogen functional groups attached to an aromatic ring is 1. The zero-order valence-corrected chi connectivity index (χ0v) is 16.3. The van der Waals surface area contributed by atoms with Crippen LogP contribution in [-0.4, -0.2) is 37.4 Å². The summed E-state index contributed by atoms with van der Waals surface area (Å²) in [6.45, 7) is 0.316. The van der Waals surface area contributed by atoms with Crippen LogP contribution in [0.4, 0.5) is 37.7 Å². The number of piperidine rings is 1. The Balaban J connectivity index is 1.66. The number of carbonyl (C=O) groups is 1. The monoisotopic (exact) mass is 437 g/mol. The molecule has 3 rings (SSSR count). The molecule has 2 fully saturated rings. The quantitative estimate of drug-likeness (QED) is 0.523. The summed E-state index contributed by atoms with van der Waals surface area (Å²) < 4.78 is 77.2. The molecule has 168 valence electrons. The smallest absolute Gasteiger partial charge is 0.391 e. The standard InChI is InChI=1S/C20H25F6N3O/c21-19(22,23)12-1-4-15(5-2-12)28-18(30)16-11-14(27)3-6-17(16)29-9-7-13(8-10-29)20(24,25)26/h3,6,11-13,15H,1-2,4-5,7-10,27H2,(H,28,30). The van der Waals surface area contributed by atoms with Gasteiger partial charge in [0.2, 0.25) is 0 Å². The average molecular weight is 437 g/mol. The molecule has 0 aromatic heterocycles. The van der Waals surface area contributed by atoms with E-state index < -0.39 is 30.1 Å². The molecule has 1 aliphatic heterocycles. The van der Waals surface area contributed by atoms with E-state index in [0.29, 0.717) is 11.4 Å². The lowest BCUT2D eigenvalue weighted by molar-refractivity contribution is -0.182. The maximum Gasteiger partial charge on any atom is 0.391 e. The third kappa shape index (κ3) is 5.31. The molecule has 30 heavy (non-hydrogen) atoms. The van der Waals surface area contributed by atoms with Gasteiger partial charge in [-0.05, 0) is 56.7 Å². The molecule has 1 saturated heterocycles. The zero-order chi connectivity index (χ0) is 22.1. The molecule has 1 aromatic carbocycles. The second-order valence-corrected chi connectivity index (χ2v) is 8.14. The maximum atomic E-state index is 12.9. The number of hydrogen-bond acceptors (Lipinski definition) is 3. The van der Waals surface area contributed by atoms with E-state index >= 15 is 0 Å². The fourth-order valence-corrected chi connectivity index (χ4v) is 4.29. The van der Waals surface area contributed by atoms with E-state index in [0.717, 1.165) is 0 Å². The molecule has 2 aliphatic rings. The van der Waals surface area contributed by atoms with Crippen molar-refractivity contribution in [1.82, 2.24) is 5.32 Å². The van der Waals surface area contributed by atoms with Crippen LogP contribution in [0.3, 0.4) is 0 Å². The first-order valence-electron chi connectivity index (χ1n) is 10.0. The van der Waals surface area contributed by atoms with Gasteiger partial charge in [0, 0.05) is 30.5 Å². The van der Waals surface area contributed by atoms with E-state index in [2.05, 4.69) is 5.32 Å². The Morgan fingerprint density at radius 2 is 1.43 bits per heavy atom. The van der Waals surface area contributed by atoms with Crippen molar-refractivity contribution in [3.05, 3.63) is 23.8 Å². The van der Waals surface area contributed by atoms with Crippen molar-refractivity contribution < 1.29 is 31.1 Å². The molecular formula is C20H25F6N3O. The zero-order valence-electron chi connectivity index (χ0n) is 16.3. The van der Waals surface area contributed by atoms with Crippen molar-refractivity contribution in [3.8, 4) is 0 Å². The summed E-state index contributed by atoms with van der Waals surface area (Å²) in [5, 5.41) is 2.78. The Morgan fingerprint density at radius 3 is 1.97 bits per heavy atom. The molecule has 1 heterocycles. The van der Waals surface area contributed by atoms with Crippen molar-refractivity contribution in [2.24, 2.45) is 11.8 Å². The number of nitrogens with zero attached hydrogens (tertiary/aromatic N) is 1. The Morgan fingerprint density at radius 1 is 0.900 bits per heavy atom. The second kappa shape index (κ2) is 8.55. The fourth-order valence-electron chi connectivity index (χ4n) is 4.29. The predicted octanol–water partition coefficient (Wildman–Crippen LogP) is 4.90. The lowest BCUT2D eigenvalue weighted by atomic mass is 9.85. The van der Waals surface area contributed by atoms with Crippen molar-refractivity contribution in [2.75, 3.05) is 23.7 Å². The van der Waals surface area contributed by atoms with Gasteiger partial charge in [0.05, 0.1) is 17.4 Å². The van der Waals surface area contributed by atoms with E-state index in [1.165, 1.54) is 6.07 Å². The molecule has 1 amide bonds. The minimum atomic E-state index is -4.23. The lowest BCUT2D eigenvalue weighted by Gasteiger charge is -2.35. The van der Waals surface area contributed by atoms with E-state index in [4.69, 9.17) is 5.73 Å². The predicted molar refractivity (Wildman–Crippen MR) is 101 cm³/mol. The number of amides is 1. The number of halogens is 6. The van der Waals surface area contributed by atoms with Crippen LogP contribution in [0.2, 0.25) is 0 Å². The third-order valence-corrected chi connectivity index (χ3v) is 6.09. The van der Waals surface area contributed by atoms with Crippen LogP contribution < -0.4 is 16.0 Å². The fraction of sp³-hybridized carbons (Fsp3) is 0.650. The Kier molecular flexibility index (Phi) is 6.43. The van der Waals surface area contributed by atoms with Gasteiger partial charge in [-0.1, -0.05) is 0 Å². The second-order valence-electron chi connectivity index (χ2n) is 8.14. The van der Waals surface area contributed by atoms with Crippen LogP contribution in [0.5, 0.6) is 0 Å². The van der Waals surface area contributed by atoms with E-state index in [-0.39, 0.29) is 63.2 Å². The minimum absolute atomic E-state index is 0.0385. The molecule has 1 aliphatic carbocycles. The van der Waals surface area contributed by atoms with Gasteiger partial charge >= 0.3 is 12.4 Å². The van der Waals surface area contributed by atoms with Gasteiger partial charge in [-0.25, -0.2) is 0 Å². The molecule has 3 N–H and O–H groups in total. The van der Waals surface area contributed by atoms with Crippen LogP contribution in [0.25, 0.3) is 0 Å². The molecule has 1 saturated carbocycles. The van der Waals surface area contributed by atoms with Crippen molar-refractivity contribution in [1.29, 1.82) is 0 Å². The highest BCUT2D eigenvalue weighted by Gasteiger charge is 2.42. The summed E-state index contributed by atoms with van der Waals surface area (Å²) in [5.41, 5.74) is 6.86. The van der Waals surface area contributed by atoms with Crippen molar-refractivity contribution in [2.45, 2.75) is 56.9 Å². The van der Waals surface area contributed by atoms with Gasteiger partial charge < -0.3 is 16.0 Å². The molecule has 4 nitrogen and oxygen atoms in total. The summed E-state index contributed by atoms with van der Waals surface area (Å²) in [6, 6.07) is 4.28. The van der Waals surface area contributed by atoms with E-state index in [1.807, 2.05) is 0 Å². The number of nitrogens with one attached hydrogen (secondary N) is 1. The highest BCUT2D eigenvalue weighted by Crippen LogP contribution is 2.38. The number of benzene rings is 1. The number of nitrogens with two attached hydrogens (primary N) is 1. The SMILES string of the molecule is Nc1ccc(N2CCC(C(F)(F)F)CC2)c(C(=O)NC2CCC(C(F)(F)F)CC2)c1. The highest BCUT2D eigenvalue weighted by atomic mass is 19.4. The van der Waals surface area contributed by atoms with Gasteiger partial charge in [0.1, 0.15) is 0 Å². The molecule has 1 aromatic rings. The lowest BCUT2D eigenvalue weighted by Crippen LogP contribution is -2.42. The molecule has 0 spiro atoms. The van der Waals surface area contributed by atoms with Crippen molar-refractivity contribution >= 4 is 17.3 Å². The normalized spacial score (nSPS) is 24.0. The van der Waals surface area contributed by atoms with Gasteiger partial charge in [-0.15, -0.1) is 0 Å². The van der Waals surface area contributed by atoms with Crippen LogP contribution in [0.15, 0.2) is 18.2 Å². The van der Waals surface area contributed by atoms with Gasteiger partial charge in [0.25, 0.3) is 5.91 Å². The van der Waals surface area contributed by atoms with Gasteiger partial charge in [-0.2, -0.15) is 26.3 Å². The number of anilines is 2. The summed E-state index contributed by atoms with van der Waals surface area (Å²) in [4.78, 5) is 14.6. The first-order valence-corrected chi connectivity index (χ1v) is 10.0. The summed E-state index contributed by atoms with van der Waals surface area (Å²) >= 11 is 0. The Bertz CT molecular complexity index is 748. The average Bonchev–Trinajstić information content (AvgIpc) is 2.67. The van der Waals surface area contributed by atoms with Crippen LogP contribution in [0.1, 0.15) is 48.9 Å². The molecule has 0 unspecified atom stereocenters. The first kappa shape index (κ1) is 22.6. The Hall–Kier alpha value is -2.13. The maximum absolute atomic E-state index is 12.9. The summed E-state index contributed by atoms with van der Waals surface area (Å²) in [7, 11) is 0. The van der Waals surface area contributed by atoms with Gasteiger partial charge in [-0.3, -0.25) is 4.79 Å². The molecular weight excluding hydrogens is 412 g/mol. The van der Waals surface area contributed by atoms with Crippen molar-refractivity contribution in [3.63, 3.8) is 0 Å². The first-order chi connectivity index (χ1) is 13.9. The largest absolute Gasteiger partial charge is 0.399 e. The van der Waals surface area contributed by atoms with E-state index in [9.17, 15) is 31.1 Å². The number of hydrogen-bond donors (Lipinski definition) is 2. The molecule has 0 atom stereocenters. The number of rotatable bonds is 3. The Labute approximate surface area is 170 Å². The molecule has 0 bridgehead atoms. The molecule has 10 heteroatoms. The van der Waals surface area contributed by atoms with Crippen LogP contribution in [-0.2, 0) is 0 Å². The van der Waals surface area contributed by atoms with Gasteiger partial charge in [0.15, 0.2) is 0 Å². The minimum Gasteiger partial charge on any atom is -0.399 e. The summed E-state index contributed by atoms with van der Waals surface area (Å²) in [6.07, 6.45) is -8.20. The van der Waals surface area contributed by atoms with Crippen LogP contribution in [0, 0.1) is 11.8 Å². The number of carbonyl (C=O) groups excluding carboxylic acids is 1. The van der Waals surface area contributed by atoms with Crippen LogP contribution >= 0.6 is 0 Å². The third-order valence-electron chi connectivity index (χ3n) is 6.09. The number of alkyl halides is 6. The topological polar surface area (TPSA) is 58.4 Å². The summed E-state index contributed by atoms with van der Waals surface area (Å²) in [5.74, 6) is -3.17. The van der Waals surface area contributed by atoms with E-state index in [1.54, 1.807) is 17.0 Å². The molecule has 0 radical (unpaired) electrons.